The molecular formula is C34H27NO4. The average molecular weight is 514 g/mol. The van der Waals surface area contributed by atoms with Crippen molar-refractivity contribution in [2.45, 2.75) is 12.5 Å². The first kappa shape index (κ1) is 24.4. The summed E-state index contributed by atoms with van der Waals surface area (Å²) in [5.74, 6) is -1.24. The van der Waals surface area contributed by atoms with Gasteiger partial charge < -0.3 is 14.4 Å². The van der Waals surface area contributed by atoms with Crippen LogP contribution in [0.3, 0.4) is 0 Å². The second-order valence-electron chi connectivity index (χ2n) is 9.66. The quantitative estimate of drug-likeness (QED) is 0.295. The van der Waals surface area contributed by atoms with Gasteiger partial charge in [0.25, 0.3) is 0 Å². The van der Waals surface area contributed by atoms with Gasteiger partial charge in [0, 0.05) is 5.69 Å². The molecule has 0 saturated heterocycles. The Bertz CT molecular complexity index is 1620. The third kappa shape index (κ3) is 3.62. The number of hydrogen-bond donors (Lipinski definition) is 0. The number of hydrogen-bond acceptors (Lipinski definition) is 5. The van der Waals surface area contributed by atoms with Crippen LogP contribution in [0.15, 0.2) is 120 Å². The Balaban J connectivity index is 1.82. The van der Waals surface area contributed by atoms with Crippen LogP contribution in [0, 0.1) is 6.92 Å². The van der Waals surface area contributed by atoms with E-state index in [1.807, 2.05) is 90.7 Å². The number of ether oxygens (including phenoxy) is 2. The Hall–Kier alpha value is -4.90. The van der Waals surface area contributed by atoms with Crippen molar-refractivity contribution < 1.29 is 19.1 Å². The molecule has 0 N–H and O–H groups in total. The molecule has 5 nitrogen and oxygen atoms in total. The summed E-state index contributed by atoms with van der Waals surface area (Å²) in [7, 11) is 2.66. The summed E-state index contributed by atoms with van der Waals surface area (Å²) in [6.07, 6.45) is 2.10. The number of aryl methyl sites for hydroxylation is 1. The lowest BCUT2D eigenvalue weighted by molar-refractivity contribution is -0.139. The molecule has 6 rings (SSSR count). The van der Waals surface area contributed by atoms with Crippen LogP contribution in [0.2, 0.25) is 0 Å². The molecular weight excluding hydrogens is 486 g/mol. The third-order valence-corrected chi connectivity index (χ3v) is 7.55. The Labute approximate surface area is 227 Å². The fourth-order valence-electron chi connectivity index (χ4n) is 5.87. The molecule has 1 aliphatic heterocycles. The number of benzene rings is 4. The number of methoxy groups -OCH3 is 2. The number of fused-ring (bicyclic) bond motifs is 5. The van der Waals surface area contributed by atoms with Gasteiger partial charge in [0.1, 0.15) is 11.2 Å². The average Bonchev–Trinajstić information content (AvgIpc) is 3.26. The molecule has 0 amide bonds. The van der Waals surface area contributed by atoms with Gasteiger partial charge in [-0.15, -0.1) is 0 Å². The van der Waals surface area contributed by atoms with Crippen LogP contribution in [0.4, 0.5) is 5.69 Å². The topological polar surface area (TPSA) is 55.8 Å². The Morgan fingerprint density at radius 2 is 1.21 bits per heavy atom. The van der Waals surface area contributed by atoms with E-state index >= 15 is 0 Å². The molecule has 1 heterocycles. The summed E-state index contributed by atoms with van der Waals surface area (Å²) in [5.41, 5.74) is 6.71. The highest BCUT2D eigenvalue weighted by atomic mass is 16.5. The predicted molar refractivity (Wildman–Crippen MR) is 152 cm³/mol. The molecule has 0 unspecified atom stereocenters. The van der Waals surface area contributed by atoms with Gasteiger partial charge in [-0.25, -0.2) is 9.59 Å². The zero-order valence-corrected chi connectivity index (χ0v) is 22.0. The highest BCUT2D eigenvalue weighted by Crippen LogP contribution is 2.57. The van der Waals surface area contributed by atoms with E-state index in [9.17, 15) is 9.59 Å². The summed E-state index contributed by atoms with van der Waals surface area (Å²) >= 11 is 0. The molecule has 0 saturated carbocycles. The summed E-state index contributed by atoms with van der Waals surface area (Å²) < 4.78 is 10.7. The van der Waals surface area contributed by atoms with Crippen molar-refractivity contribution in [3.05, 3.63) is 143 Å². The fraction of sp³-hybridized carbons (Fsp3) is 0.118. The van der Waals surface area contributed by atoms with Gasteiger partial charge in [0.05, 0.1) is 19.8 Å². The zero-order valence-electron chi connectivity index (χ0n) is 22.0. The van der Waals surface area contributed by atoms with E-state index in [0.717, 1.165) is 39.1 Å². The number of esters is 2. The van der Waals surface area contributed by atoms with Gasteiger partial charge in [-0.05, 0) is 58.5 Å². The minimum atomic E-state index is -0.950. The normalized spacial score (nSPS) is 14.9. The lowest BCUT2D eigenvalue weighted by atomic mass is 9.76. The van der Waals surface area contributed by atoms with Gasteiger partial charge in [-0.3, -0.25) is 0 Å². The van der Waals surface area contributed by atoms with Crippen LogP contribution in [-0.2, 0) is 24.6 Å². The first-order valence-electron chi connectivity index (χ1n) is 12.8. The number of carbonyl (C=O) groups excluding carboxylic acids is 2. The van der Waals surface area contributed by atoms with Crippen molar-refractivity contribution in [1.82, 2.24) is 0 Å². The van der Waals surface area contributed by atoms with E-state index in [1.165, 1.54) is 14.2 Å². The van der Waals surface area contributed by atoms with E-state index in [2.05, 4.69) is 30.3 Å². The molecule has 4 aromatic carbocycles. The maximum absolute atomic E-state index is 13.8. The van der Waals surface area contributed by atoms with Crippen molar-refractivity contribution in [2.75, 3.05) is 19.1 Å². The van der Waals surface area contributed by atoms with E-state index in [4.69, 9.17) is 9.47 Å². The Morgan fingerprint density at radius 3 is 1.77 bits per heavy atom. The minimum Gasteiger partial charge on any atom is -0.465 e. The monoisotopic (exact) mass is 513 g/mol. The van der Waals surface area contributed by atoms with Crippen LogP contribution in [0.1, 0.15) is 22.3 Å². The summed E-state index contributed by atoms with van der Waals surface area (Å²) in [5, 5.41) is 0. The molecule has 1 aliphatic carbocycles. The zero-order chi connectivity index (χ0) is 27.1. The number of rotatable bonds is 4. The summed E-state index contributed by atoms with van der Waals surface area (Å²) in [6, 6.07) is 34.0. The molecule has 4 aromatic rings. The van der Waals surface area contributed by atoms with Crippen molar-refractivity contribution >= 4 is 23.2 Å². The maximum Gasteiger partial charge on any atom is 0.355 e. The van der Waals surface area contributed by atoms with Gasteiger partial charge >= 0.3 is 11.9 Å². The van der Waals surface area contributed by atoms with Gasteiger partial charge in [0.15, 0.2) is 0 Å². The van der Waals surface area contributed by atoms with Crippen molar-refractivity contribution in [3.63, 3.8) is 0 Å². The first-order valence-corrected chi connectivity index (χ1v) is 12.8. The highest BCUT2D eigenvalue weighted by molar-refractivity contribution is 6.16. The summed E-state index contributed by atoms with van der Waals surface area (Å²) in [6.45, 7) is 2.01. The van der Waals surface area contributed by atoms with E-state index < -0.39 is 17.5 Å². The lowest BCUT2D eigenvalue weighted by Crippen LogP contribution is -2.49. The number of nitrogens with zero attached hydrogens (tertiary/aromatic N) is 1. The Morgan fingerprint density at radius 1 is 0.667 bits per heavy atom. The Kier molecular flexibility index (Phi) is 5.92. The molecule has 2 aliphatic rings. The second kappa shape index (κ2) is 9.44. The molecule has 1 spiro atoms. The molecule has 0 fully saturated rings. The number of carbonyl (C=O) groups is 2. The van der Waals surface area contributed by atoms with Crippen LogP contribution >= 0.6 is 0 Å². The van der Waals surface area contributed by atoms with Crippen LogP contribution in [-0.4, -0.2) is 26.2 Å². The second-order valence-corrected chi connectivity index (χ2v) is 9.66. The summed E-state index contributed by atoms with van der Waals surface area (Å²) in [4.78, 5) is 29.3. The maximum atomic E-state index is 13.8. The van der Waals surface area contributed by atoms with Crippen LogP contribution < -0.4 is 4.90 Å². The smallest absolute Gasteiger partial charge is 0.355 e. The van der Waals surface area contributed by atoms with Crippen molar-refractivity contribution in [2.24, 2.45) is 0 Å². The molecule has 0 atom stereocenters. The van der Waals surface area contributed by atoms with Crippen LogP contribution in [0.25, 0.3) is 16.7 Å². The molecule has 39 heavy (non-hydrogen) atoms. The standard InChI is InChI=1S/C34H27NO4/c1-22-17-19-24(20-18-22)35-31(33(37)39-3)30(32(36)38-2)27(23-11-5-4-6-12-23)21-34(35)28-15-9-7-13-25(28)26-14-8-10-16-29(26)34/h4-21H,1-3H3. The molecule has 0 bridgehead atoms. The van der Waals surface area contributed by atoms with E-state index in [-0.39, 0.29) is 11.3 Å². The predicted octanol–water partition coefficient (Wildman–Crippen LogP) is 6.42. The molecule has 5 heteroatoms. The van der Waals surface area contributed by atoms with Gasteiger partial charge in [0.2, 0.25) is 0 Å². The molecule has 0 aromatic heterocycles. The van der Waals surface area contributed by atoms with Crippen molar-refractivity contribution in [3.8, 4) is 11.1 Å². The first-order chi connectivity index (χ1) is 19.0. The minimum absolute atomic E-state index is 0.126. The lowest BCUT2D eigenvalue weighted by Gasteiger charge is -2.46. The largest absolute Gasteiger partial charge is 0.465 e. The molecule has 0 radical (unpaired) electrons. The van der Waals surface area contributed by atoms with E-state index in [1.54, 1.807) is 0 Å². The fourth-order valence-corrected chi connectivity index (χ4v) is 5.87. The highest BCUT2D eigenvalue weighted by Gasteiger charge is 2.53. The number of anilines is 1. The van der Waals surface area contributed by atoms with Crippen molar-refractivity contribution in [1.29, 1.82) is 0 Å². The third-order valence-electron chi connectivity index (χ3n) is 7.55. The SMILES string of the molecule is COC(=O)C1=C(C(=O)OC)N(c2ccc(C)cc2)C2(C=C1c1ccccc1)c1ccccc1-c1ccccc12. The van der Waals surface area contributed by atoms with E-state index in [0.29, 0.717) is 5.57 Å². The van der Waals surface area contributed by atoms with Gasteiger partial charge in [-0.1, -0.05) is 96.6 Å². The van der Waals surface area contributed by atoms with Gasteiger partial charge in [-0.2, -0.15) is 0 Å². The van der Waals surface area contributed by atoms with Crippen LogP contribution in [0.5, 0.6) is 0 Å². The molecule has 192 valence electrons.